The fraction of sp³-hybridized carbons (Fsp3) is 0.579. The van der Waals surface area contributed by atoms with Crippen molar-refractivity contribution in [2.45, 2.75) is 47.0 Å². The Morgan fingerprint density at radius 2 is 1.70 bits per heavy atom. The number of hydrogen-bond acceptors (Lipinski definition) is 2. The van der Waals surface area contributed by atoms with Crippen LogP contribution in [0.4, 0.5) is 5.69 Å². The number of nitrogens with zero attached hydrogens (tertiary/aromatic N) is 2. The quantitative estimate of drug-likeness (QED) is 0.808. The SMILES string of the molecule is CCCN(CCC)C(=O)[C@@H]1CC(=O)N(c2cc(C)cc(C)c2)C1. The van der Waals surface area contributed by atoms with Gasteiger partial charge in [0.2, 0.25) is 11.8 Å². The zero-order valence-electron chi connectivity index (χ0n) is 14.8. The van der Waals surface area contributed by atoms with Crippen LogP contribution in [0, 0.1) is 19.8 Å². The third-order valence-electron chi connectivity index (χ3n) is 4.29. The Morgan fingerprint density at radius 3 is 2.22 bits per heavy atom. The van der Waals surface area contributed by atoms with E-state index in [1.165, 1.54) is 0 Å². The van der Waals surface area contributed by atoms with Crippen LogP contribution in [0.15, 0.2) is 18.2 Å². The van der Waals surface area contributed by atoms with Crippen LogP contribution in [0.25, 0.3) is 0 Å². The summed E-state index contributed by atoms with van der Waals surface area (Å²) >= 11 is 0. The van der Waals surface area contributed by atoms with Crippen molar-refractivity contribution in [1.82, 2.24) is 4.90 Å². The Hall–Kier alpha value is -1.84. The van der Waals surface area contributed by atoms with Gasteiger partial charge in [0.1, 0.15) is 0 Å². The van der Waals surface area contributed by atoms with Gasteiger partial charge in [0.15, 0.2) is 0 Å². The number of benzene rings is 1. The fourth-order valence-corrected chi connectivity index (χ4v) is 3.36. The summed E-state index contributed by atoms with van der Waals surface area (Å²) in [4.78, 5) is 28.8. The van der Waals surface area contributed by atoms with Crippen molar-refractivity contribution in [1.29, 1.82) is 0 Å². The maximum atomic E-state index is 12.7. The summed E-state index contributed by atoms with van der Waals surface area (Å²) in [5.41, 5.74) is 3.20. The third-order valence-corrected chi connectivity index (χ3v) is 4.29. The lowest BCUT2D eigenvalue weighted by atomic mass is 10.1. The molecule has 0 saturated carbocycles. The van der Waals surface area contributed by atoms with Gasteiger partial charge in [-0.05, 0) is 49.9 Å². The molecule has 2 rings (SSSR count). The van der Waals surface area contributed by atoms with Crippen LogP contribution < -0.4 is 4.90 Å². The third kappa shape index (κ3) is 4.12. The van der Waals surface area contributed by atoms with Crippen LogP contribution in [0.5, 0.6) is 0 Å². The zero-order valence-corrected chi connectivity index (χ0v) is 14.8. The first-order chi connectivity index (χ1) is 11.0. The van der Waals surface area contributed by atoms with Gasteiger partial charge in [-0.2, -0.15) is 0 Å². The van der Waals surface area contributed by atoms with Crippen LogP contribution in [0.3, 0.4) is 0 Å². The van der Waals surface area contributed by atoms with Crippen LogP contribution in [-0.2, 0) is 9.59 Å². The number of rotatable bonds is 6. The Bertz CT molecular complexity index is 556. The van der Waals surface area contributed by atoms with Gasteiger partial charge in [-0.25, -0.2) is 0 Å². The molecule has 4 heteroatoms. The average molecular weight is 316 g/mol. The molecule has 0 N–H and O–H groups in total. The molecule has 1 saturated heterocycles. The van der Waals surface area contributed by atoms with Gasteiger partial charge in [0.25, 0.3) is 0 Å². The standard InChI is InChI=1S/C19H28N2O2/c1-5-7-20(8-6-2)19(23)16-12-18(22)21(13-16)17-10-14(3)9-15(4)11-17/h9-11,16H,5-8,12-13H2,1-4H3/t16-/m1/s1. The molecule has 0 radical (unpaired) electrons. The first-order valence-electron chi connectivity index (χ1n) is 8.63. The topological polar surface area (TPSA) is 40.6 Å². The highest BCUT2D eigenvalue weighted by Gasteiger charge is 2.36. The lowest BCUT2D eigenvalue weighted by Gasteiger charge is -2.25. The number of amides is 2. The van der Waals surface area contributed by atoms with Crippen molar-refractivity contribution in [3.05, 3.63) is 29.3 Å². The predicted octanol–water partition coefficient (Wildman–Crippen LogP) is 3.30. The lowest BCUT2D eigenvalue weighted by Crippen LogP contribution is -2.38. The smallest absolute Gasteiger partial charge is 0.228 e. The van der Waals surface area contributed by atoms with E-state index in [1.807, 2.05) is 30.9 Å². The zero-order chi connectivity index (χ0) is 17.0. The summed E-state index contributed by atoms with van der Waals surface area (Å²) in [7, 11) is 0. The first kappa shape index (κ1) is 17.5. The van der Waals surface area contributed by atoms with Gasteiger partial charge < -0.3 is 9.80 Å². The molecule has 1 atom stereocenters. The van der Waals surface area contributed by atoms with Crippen LogP contribution in [0.2, 0.25) is 0 Å². The molecular formula is C19H28N2O2. The summed E-state index contributed by atoms with van der Waals surface area (Å²) in [6, 6.07) is 6.14. The molecule has 1 heterocycles. The molecule has 2 amide bonds. The highest BCUT2D eigenvalue weighted by Crippen LogP contribution is 2.28. The normalized spacial score (nSPS) is 17.7. The number of hydrogen-bond donors (Lipinski definition) is 0. The largest absolute Gasteiger partial charge is 0.342 e. The van der Waals surface area contributed by atoms with E-state index < -0.39 is 0 Å². The maximum absolute atomic E-state index is 12.7. The van der Waals surface area contributed by atoms with E-state index in [1.54, 1.807) is 4.90 Å². The first-order valence-corrected chi connectivity index (χ1v) is 8.63. The minimum atomic E-state index is -0.207. The van der Waals surface area contributed by atoms with Crippen LogP contribution in [-0.4, -0.2) is 36.3 Å². The Morgan fingerprint density at radius 1 is 1.13 bits per heavy atom. The highest BCUT2D eigenvalue weighted by molar-refractivity contribution is 6.00. The molecule has 0 unspecified atom stereocenters. The molecule has 1 fully saturated rings. The van der Waals surface area contributed by atoms with E-state index in [0.717, 1.165) is 42.7 Å². The van der Waals surface area contributed by atoms with Crippen LogP contribution in [0.1, 0.15) is 44.2 Å². The summed E-state index contributed by atoms with van der Waals surface area (Å²) in [6.45, 7) is 10.3. The Kier molecular flexibility index (Phi) is 5.80. The van der Waals surface area contributed by atoms with Crippen molar-refractivity contribution in [2.24, 2.45) is 5.92 Å². The minimum absolute atomic E-state index is 0.0568. The highest BCUT2D eigenvalue weighted by atomic mass is 16.2. The second kappa shape index (κ2) is 7.62. The molecule has 0 aromatic heterocycles. The molecule has 0 bridgehead atoms. The van der Waals surface area contributed by atoms with Gasteiger partial charge in [0, 0.05) is 31.7 Å². The molecule has 23 heavy (non-hydrogen) atoms. The van der Waals surface area contributed by atoms with Gasteiger partial charge in [0.05, 0.1) is 5.92 Å². The number of anilines is 1. The van der Waals surface area contributed by atoms with Crippen molar-refractivity contribution in [3.8, 4) is 0 Å². The van der Waals surface area contributed by atoms with E-state index in [2.05, 4.69) is 19.9 Å². The summed E-state index contributed by atoms with van der Waals surface area (Å²) in [5.74, 6) is -0.0170. The van der Waals surface area contributed by atoms with E-state index in [-0.39, 0.29) is 17.7 Å². The van der Waals surface area contributed by atoms with Gasteiger partial charge >= 0.3 is 0 Å². The van der Waals surface area contributed by atoms with Gasteiger partial charge in [-0.15, -0.1) is 0 Å². The number of aryl methyl sites for hydroxylation is 2. The molecule has 1 aromatic carbocycles. The fourth-order valence-electron chi connectivity index (χ4n) is 3.36. The maximum Gasteiger partial charge on any atom is 0.228 e. The second-order valence-corrected chi connectivity index (χ2v) is 6.58. The molecule has 0 spiro atoms. The minimum Gasteiger partial charge on any atom is -0.342 e. The van der Waals surface area contributed by atoms with E-state index in [9.17, 15) is 9.59 Å². The van der Waals surface area contributed by atoms with E-state index in [0.29, 0.717) is 13.0 Å². The Balaban J connectivity index is 2.13. The molecule has 126 valence electrons. The van der Waals surface area contributed by atoms with E-state index >= 15 is 0 Å². The molecular weight excluding hydrogens is 288 g/mol. The average Bonchev–Trinajstić information content (AvgIpc) is 2.87. The van der Waals surface area contributed by atoms with Crippen molar-refractivity contribution >= 4 is 17.5 Å². The summed E-state index contributed by atoms with van der Waals surface area (Å²) < 4.78 is 0. The van der Waals surface area contributed by atoms with Crippen LogP contribution >= 0.6 is 0 Å². The van der Waals surface area contributed by atoms with Crippen molar-refractivity contribution < 1.29 is 9.59 Å². The molecule has 1 aliphatic heterocycles. The molecule has 4 nitrogen and oxygen atoms in total. The van der Waals surface area contributed by atoms with Crippen molar-refractivity contribution in [2.75, 3.05) is 24.5 Å². The number of carbonyl (C=O) groups excluding carboxylic acids is 2. The monoisotopic (exact) mass is 316 g/mol. The van der Waals surface area contributed by atoms with Gasteiger partial charge in [-0.1, -0.05) is 19.9 Å². The molecule has 1 aliphatic rings. The van der Waals surface area contributed by atoms with Gasteiger partial charge in [-0.3, -0.25) is 9.59 Å². The predicted molar refractivity (Wildman–Crippen MR) is 93.5 cm³/mol. The number of carbonyl (C=O) groups is 2. The van der Waals surface area contributed by atoms with Crippen molar-refractivity contribution in [3.63, 3.8) is 0 Å². The molecule has 0 aliphatic carbocycles. The Labute approximate surface area is 139 Å². The second-order valence-electron chi connectivity index (χ2n) is 6.58. The molecule has 1 aromatic rings. The van der Waals surface area contributed by atoms with E-state index in [4.69, 9.17) is 0 Å². The lowest BCUT2D eigenvalue weighted by molar-refractivity contribution is -0.135. The summed E-state index contributed by atoms with van der Waals surface area (Å²) in [6.07, 6.45) is 2.23. The summed E-state index contributed by atoms with van der Waals surface area (Å²) in [5, 5.41) is 0.